The quantitative estimate of drug-likeness (QED) is 0.419. The molecule has 1 aliphatic heterocycles. The van der Waals surface area contributed by atoms with Crippen LogP contribution in [-0.4, -0.2) is 30.6 Å². The van der Waals surface area contributed by atoms with Crippen molar-refractivity contribution in [2.75, 3.05) is 6.61 Å². The van der Waals surface area contributed by atoms with Gasteiger partial charge >= 0.3 is 5.97 Å². The number of carbonyl (C=O) groups is 1. The summed E-state index contributed by atoms with van der Waals surface area (Å²) in [6.45, 7) is 13.1. The molecule has 96 valence electrons. The third-order valence-electron chi connectivity index (χ3n) is 2.71. The first kappa shape index (κ1) is 13.9. The van der Waals surface area contributed by atoms with Crippen LogP contribution >= 0.6 is 0 Å². The van der Waals surface area contributed by atoms with Gasteiger partial charge in [0.25, 0.3) is 0 Å². The Morgan fingerprint density at radius 1 is 1.53 bits per heavy atom. The lowest BCUT2D eigenvalue weighted by atomic mass is 10.00. The number of rotatable bonds is 5. The molecule has 0 unspecified atom stereocenters. The molecule has 4 nitrogen and oxygen atoms in total. The zero-order chi connectivity index (χ0) is 13.1. The molecule has 0 saturated carbocycles. The van der Waals surface area contributed by atoms with Crippen LogP contribution in [0.15, 0.2) is 25.3 Å². The van der Waals surface area contributed by atoms with Gasteiger partial charge in [-0.3, -0.25) is 0 Å². The zero-order valence-corrected chi connectivity index (χ0v) is 10.6. The summed E-state index contributed by atoms with van der Waals surface area (Å²) in [5.74, 6) is -1.11. The molecule has 1 fully saturated rings. The van der Waals surface area contributed by atoms with E-state index in [-0.39, 0.29) is 12.0 Å². The second kappa shape index (κ2) is 5.47. The van der Waals surface area contributed by atoms with E-state index >= 15 is 0 Å². The number of hydrogen-bond donors (Lipinski definition) is 0. The molecule has 0 aromatic rings. The minimum atomic E-state index is -0.635. The van der Waals surface area contributed by atoms with E-state index < -0.39 is 17.9 Å². The standard InChI is InChI=1S/C13H20O4/c1-6-9(3)12(16-11(14)7-2)10-8-15-13(4,5)17-10/h6-7,9-10,12H,1-2,8H2,3-5H3/t9-,10-,12-/m1/s1. The van der Waals surface area contributed by atoms with Crippen LogP contribution in [-0.2, 0) is 19.0 Å². The molecule has 0 amide bonds. The topological polar surface area (TPSA) is 44.8 Å². The number of esters is 1. The van der Waals surface area contributed by atoms with Gasteiger partial charge in [-0.05, 0) is 13.8 Å². The smallest absolute Gasteiger partial charge is 0.330 e. The SMILES string of the molecule is C=CC(=O)O[C@H]([C@H](C)C=C)[C@H]1COC(C)(C)O1. The molecule has 1 saturated heterocycles. The molecule has 4 heteroatoms. The van der Waals surface area contributed by atoms with Gasteiger partial charge in [0.15, 0.2) is 5.79 Å². The van der Waals surface area contributed by atoms with Gasteiger partial charge in [0.2, 0.25) is 0 Å². The average molecular weight is 240 g/mol. The van der Waals surface area contributed by atoms with Crippen LogP contribution in [0, 0.1) is 5.92 Å². The molecule has 0 N–H and O–H groups in total. The first-order valence-electron chi connectivity index (χ1n) is 5.67. The molecule has 1 heterocycles. The van der Waals surface area contributed by atoms with E-state index in [0.29, 0.717) is 6.61 Å². The Morgan fingerprint density at radius 2 is 2.18 bits per heavy atom. The summed E-state index contributed by atoms with van der Waals surface area (Å²) in [6, 6.07) is 0. The highest BCUT2D eigenvalue weighted by atomic mass is 16.8. The lowest BCUT2D eigenvalue weighted by Gasteiger charge is -2.27. The van der Waals surface area contributed by atoms with Gasteiger partial charge in [-0.2, -0.15) is 0 Å². The predicted octanol–water partition coefficient (Wildman–Crippen LogP) is 2.06. The summed E-state index contributed by atoms with van der Waals surface area (Å²) >= 11 is 0. The second-order valence-corrected chi connectivity index (χ2v) is 4.57. The van der Waals surface area contributed by atoms with Gasteiger partial charge < -0.3 is 14.2 Å². The third kappa shape index (κ3) is 3.68. The molecular weight excluding hydrogens is 220 g/mol. The summed E-state index contributed by atoms with van der Waals surface area (Å²) in [4.78, 5) is 11.3. The van der Waals surface area contributed by atoms with E-state index in [1.807, 2.05) is 20.8 Å². The Labute approximate surface area is 102 Å². The van der Waals surface area contributed by atoms with Crippen LogP contribution in [0.2, 0.25) is 0 Å². The highest BCUT2D eigenvalue weighted by molar-refractivity contribution is 5.81. The maximum absolute atomic E-state index is 11.3. The lowest BCUT2D eigenvalue weighted by Crippen LogP contribution is -2.38. The van der Waals surface area contributed by atoms with Crippen LogP contribution in [0.3, 0.4) is 0 Å². The van der Waals surface area contributed by atoms with Crippen molar-refractivity contribution in [2.45, 2.75) is 38.8 Å². The molecule has 17 heavy (non-hydrogen) atoms. The highest BCUT2D eigenvalue weighted by Crippen LogP contribution is 2.28. The fourth-order valence-corrected chi connectivity index (χ4v) is 1.72. The Bertz CT molecular complexity index is 309. The summed E-state index contributed by atoms with van der Waals surface area (Å²) in [6.07, 6.45) is 2.20. The van der Waals surface area contributed by atoms with Crippen LogP contribution in [0.4, 0.5) is 0 Å². The molecule has 0 radical (unpaired) electrons. The summed E-state index contributed by atoms with van der Waals surface area (Å²) in [5, 5.41) is 0. The van der Waals surface area contributed by atoms with Gasteiger partial charge in [-0.1, -0.05) is 19.6 Å². The van der Waals surface area contributed by atoms with E-state index in [1.165, 1.54) is 0 Å². The summed E-state index contributed by atoms with van der Waals surface area (Å²) in [7, 11) is 0. The van der Waals surface area contributed by atoms with Gasteiger partial charge in [0.1, 0.15) is 12.2 Å². The van der Waals surface area contributed by atoms with Gasteiger partial charge in [0, 0.05) is 12.0 Å². The zero-order valence-electron chi connectivity index (χ0n) is 10.6. The number of ether oxygens (including phenoxy) is 3. The Kier molecular flexibility index (Phi) is 4.48. The van der Waals surface area contributed by atoms with Crippen molar-refractivity contribution in [1.29, 1.82) is 0 Å². The van der Waals surface area contributed by atoms with Crippen LogP contribution < -0.4 is 0 Å². The molecule has 0 aliphatic carbocycles. The van der Waals surface area contributed by atoms with Crippen molar-refractivity contribution in [3.8, 4) is 0 Å². The van der Waals surface area contributed by atoms with E-state index in [2.05, 4.69) is 13.2 Å². The van der Waals surface area contributed by atoms with E-state index in [4.69, 9.17) is 14.2 Å². The highest BCUT2D eigenvalue weighted by Gasteiger charge is 2.40. The molecule has 3 atom stereocenters. The fraction of sp³-hybridized carbons (Fsp3) is 0.615. The minimum absolute atomic E-state index is 0.0126. The molecular formula is C13H20O4. The van der Waals surface area contributed by atoms with E-state index in [0.717, 1.165) is 6.08 Å². The Hall–Kier alpha value is -1.13. The first-order valence-corrected chi connectivity index (χ1v) is 5.67. The maximum Gasteiger partial charge on any atom is 0.330 e. The predicted molar refractivity (Wildman–Crippen MR) is 64.3 cm³/mol. The minimum Gasteiger partial charge on any atom is -0.456 e. The first-order chi connectivity index (χ1) is 7.89. The van der Waals surface area contributed by atoms with Gasteiger partial charge in [-0.15, -0.1) is 6.58 Å². The molecule has 0 bridgehead atoms. The average Bonchev–Trinajstić information content (AvgIpc) is 2.64. The Balaban J connectivity index is 2.73. The third-order valence-corrected chi connectivity index (χ3v) is 2.71. The van der Waals surface area contributed by atoms with Crippen molar-refractivity contribution < 1.29 is 19.0 Å². The van der Waals surface area contributed by atoms with Crippen molar-refractivity contribution in [2.24, 2.45) is 5.92 Å². The molecule has 1 rings (SSSR count). The Morgan fingerprint density at radius 3 is 2.59 bits per heavy atom. The van der Waals surface area contributed by atoms with E-state index in [1.54, 1.807) is 6.08 Å². The van der Waals surface area contributed by atoms with Crippen molar-refractivity contribution >= 4 is 5.97 Å². The largest absolute Gasteiger partial charge is 0.456 e. The van der Waals surface area contributed by atoms with Crippen LogP contribution in [0.1, 0.15) is 20.8 Å². The number of hydrogen-bond acceptors (Lipinski definition) is 4. The number of carbonyl (C=O) groups excluding carboxylic acids is 1. The van der Waals surface area contributed by atoms with Crippen molar-refractivity contribution in [3.63, 3.8) is 0 Å². The molecule has 0 spiro atoms. The molecule has 0 aromatic heterocycles. The van der Waals surface area contributed by atoms with Crippen molar-refractivity contribution in [3.05, 3.63) is 25.3 Å². The lowest BCUT2D eigenvalue weighted by molar-refractivity contribution is -0.170. The normalized spacial score (nSPS) is 25.9. The summed E-state index contributed by atoms with van der Waals surface area (Å²) < 4.78 is 16.5. The van der Waals surface area contributed by atoms with Crippen LogP contribution in [0.5, 0.6) is 0 Å². The maximum atomic E-state index is 11.3. The van der Waals surface area contributed by atoms with E-state index in [9.17, 15) is 4.79 Å². The monoisotopic (exact) mass is 240 g/mol. The molecule has 0 aromatic carbocycles. The second-order valence-electron chi connectivity index (χ2n) is 4.57. The fourth-order valence-electron chi connectivity index (χ4n) is 1.72. The summed E-state index contributed by atoms with van der Waals surface area (Å²) in [5.41, 5.74) is 0. The van der Waals surface area contributed by atoms with Gasteiger partial charge in [-0.25, -0.2) is 4.79 Å². The van der Waals surface area contributed by atoms with Crippen molar-refractivity contribution in [1.82, 2.24) is 0 Å². The van der Waals surface area contributed by atoms with Crippen LogP contribution in [0.25, 0.3) is 0 Å². The van der Waals surface area contributed by atoms with Gasteiger partial charge in [0.05, 0.1) is 6.61 Å². The molecule has 1 aliphatic rings.